The number of hydrogen-bond acceptors (Lipinski definition) is 19. The standard InChI is InChI=1S/C91H94ClN29O16/c1-48(122)97-71-45-117(9)80(105-71)90(136)109-73-47-118(10)79(107-73)89(135)104-56-32-65(111(3)44-56)82(128)95-26-23-75(125)99-52-30-67(113(5)40-52)85(131)102-54-33-68(114(6)42-54)86(132)103-55-34-69(115(7)43-55)87(133)108-72-46-116(8)78(106-72)88(134)93-24-14-19-76(126)119(11)121-27-15-18-62(121)83(129)101-53-31-64(110(2)41-53)81(127)94-25-22-74(124)98-51-29-66(112(4)39-51)84(130)100-50-20-21-61-59(28-50)60(37-96-61)91(137)120-38-49(36-92)77-58-17-13-12-16-57(58)70(123)35-63(77)120/h12-13,15-18,20-21,27-35,37,39-47,49,96,123H,14,19,22-26,36,38H2,1-11H3,(H,93,134)(H,94,127)(H,95,128)(H,97,122)(H,98,124)(H,99,125)(H,100,130)(H,101,129)(H,102,131)(H,103,132)(H,104,135)(H,108,133)(H,109,136). The van der Waals surface area contributed by atoms with E-state index in [1.807, 2.05) is 24.3 Å². The van der Waals surface area contributed by atoms with Crippen LogP contribution in [0, 0.1) is 0 Å². The molecule has 3 aromatic carbocycles. The van der Waals surface area contributed by atoms with Crippen LogP contribution >= 0.6 is 11.6 Å². The predicted molar refractivity (Wildman–Crippen MR) is 507 cm³/mol. The summed E-state index contributed by atoms with van der Waals surface area (Å²) in [5.41, 5.74) is 5.42. The van der Waals surface area contributed by atoms with E-state index >= 15 is 0 Å². The second kappa shape index (κ2) is 39.3. The third-order valence-corrected chi connectivity index (χ3v) is 22.9. The Hall–Kier alpha value is -17.8. The second-order valence-electron chi connectivity index (χ2n) is 32.6. The first-order valence-electron chi connectivity index (χ1n) is 42.6. The van der Waals surface area contributed by atoms with E-state index < -0.39 is 76.8 Å². The number of anilines is 11. The first kappa shape index (κ1) is 93.9. The average molecular weight is 1890 g/mol. The van der Waals surface area contributed by atoms with Gasteiger partial charge in [0, 0.05) is 231 Å². The minimum absolute atomic E-state index is 0.0237. The first-order chi connectivity index (χ1) is 65.4. The fourth-order valence-electron chi connectivity index (χ4n) is 16.0. The van der Waals surface area contributed by atoms with Crippen LogP contribution < -0.4 is 79.0 Å². The zero-order chi connectivity index (χ0) is 97.8. The topological polar surface area (TPSA) is 543 Å². The molecule has 0 saturated carbocycles. The summed E-state index contributed by atoms with van der Waals surface area (Å²) in [6.07, 6.45) is 16.4. The van der Waals surface area contributed by atoms with E-state index in [0.29, 0.717) is 45.5 Å². The second-order valence-corrected chi connectivity index (χ2v) is 32.9. The molecule has 12 heterocycles. The number of alkyl halides is 1. The molecule has 0 aliphatic carbocycles. The van der Waals surface area contributed by atoms with Gasteiger partial charge in [0.1, 0.15) is 45.6 Å². The van der Waals surface area contributed by atoms with Crippen LogP contribution in [0.4, 0.5) is 63.0 Å². The molecule has 45 nitrogen and oxygen atoms in total. The molecule has 15 N–H and O–H groups in total. The minimum Gasteiger partial charge on any atom is -0.507 e. The van der Waals surface area contributed by atoms with Crippen molar-refractivity contribution >= 4 is 185 Å². The molecule has 15 rings (SSSR count). The van der Waals surface area contributed by atoms with E-state index in [9.17, 15) is 77.0 Å². The van der Waals surface area contributed by atoms with E-state index in [-0.39, 0.29) is 178 Å². The third kappa shape index (κ3) is 20.6. The maximum Gasteiger partial charge on any atom is 0.292 e. The number of hydrogen-bond donors (Lipinski definition) is 15. The molecule has 0 bridgehead atoms. The van der Waals surface area contributed by atoms with Crippen LogP contribution in [-0.2, 0) is 82.6 Å². The Morgan fingerprint density at radius 3 is 1.28 bits per heavy atom. The Labute approximate surface area is 783 Å². The van der Waals surface area contributed by atoms with Gasteiger partial charge in [-0.3, -0.25) is 81.6 Å². The number of aromatic amines is 1. The highest BCUT2D eigenvalue weighted by Crippen LogP contribution is 2.46. The number of H-pyrrole nitrogens is 1. The quantitative estimate of drug-likeness (QED) is 0.0139. The van der Waals surface area contributed by atoms with Gasteiger partial charge in [0.25, 0.3) is 65.0 Å². The van der Waals surface area contributed by atoms with Crippen LogP contribution in [0.5, 0.6) is 5.75 Å². The Bertz CT molecular complexity index is 7270. The van der Waals surface area contributed by atoms with Crippen LogP contribution in [0.25, 0.3) is 21.7 Å². The molecule has 0 spiro atoms. The van der Waals surface area contributed by atoms with Crippen LogP contribution in [0.3, 0.4) is 0 Å². The van der Waals surface area contributed by atoms with Crippen molar-refractivity contribution in [3.8, 4) is 5.75 Å². The van der Waals surface area contributed by atoms with Crippen molar-refractivity contribution in [1.29, 1.82) is 0 Å². The van der Waals surface area contributed by atoms with Crippen molar-refractivity contribution in [3.05, 3.63) is 234 Å². The maximum absolute atomic E-state index is 14.3. The number of carbonyl (C=O) groups excluding carboxylic acids is 15. The van der Waals surface area contributed by atoms with Gasteiger partial charge < -0.3 is 125 Å². The highest BCUT2D eigenvalue weighted by Gasteiger charge is 2.37. The lowest BCUT2D eigenvalue weighted by atomic mass is 9.95. The van der Waals surface area contributed by atoms with Gasteiger partial charge in [-0.2, -0.15) is 0 Å². The number of aryl methyl sites for hydroxylation is 9. The summed E-state index contributed by atoms with van der Waals surface area (Å²) < 4.78 is 14.5. The number of nitrogens with zero attached hydrogens (tertiary/aromatic N) is 15. The lowest BCUT2D eigenvalue weighted by Gasteiger charge is -2.21. The number of nitrogens with one attached hydrogen (secondary N) is 14. The third-order valence-electron chi connectivity index (χ3n) is 22.6. The predicted octanol–water partition coefficient (Wildman–Crippen LogP) is 7.59. The molecule has 0 saturated heterocycles. The summed E-state index contributed by atoms with van der Waals surface area (Å²) in [6, 6.07) is 25.9. The van der Waals surface area contributed by atoms with E-state index in [4.69, 9.17) is 11.6 Å². The Morgan fingerprint density at radius 1 is 0.409 bits per heavy atom. The Kier molecular flexibility index (Phi) is 26.9. The van der Waals surface area contributed by atoms with Gasteiger partial charge >= 0.3 is 0 Å². The van der Waals surface area contributed by atoms with Gasteiger partial charge in [-0.15, -0.1) is 11.6 Å². The van der Waals surface area contributed by atoms with E-state index in [1.165, 1.54) is 158 Å². The number of aromatic nitrogens is 14. The Balaban J connectivity index is 0.453. The zero-order valence-electron chi connectivity index (χ0n) is 75.7. The number of aromatic hydroxyl groups is 1. The molecular weight excluding hydrogens is 1790 g/mol. The lowest BCUT2D eigenvalue weighted by molar-refractivity contribution is -0.120. The number of phenolic OH excluding ortho intramolecular Hbond substituents is 1. The molecule has 706 valence electrons. The number of carbonyl (C=O) groups is 15. The van der Waals surface area contributed by atoms with Gasteiger partial charge in [0.2, 0.25) is 41.1 Å². The van der Waals surface area contributed by atoms with E-state index in [1.54, 1.807) is 116 Å². The average Bonchev–Trinajstić information content (AvgIpc) is 1.59. The number of imidazole rings is 3. The molecule has 0 fully saturated rings. The number of fused-ring (bicyclic) bond motifs is 4. The van der Waals surface area contributed by atoms with Crippen molar-refractivity contribution < 1.29 is 77.0 Å². The molecule has 46 heteroatoms. The van der Waals surface area contributed by atoms with Crippen molar-refractivity contribution in [2.75, 3.05) is 102 Å². The summed E-state index contributed by atoms with van der Waals surface area (Å²) in [5.74, 6) is -7.73. The zero-order valence-corrected chi connectivity index (χ0v) is 76.4. The summed E-state index contributed by atoms with van der Waals surface area (Å²) in [5, 5.41) is 49.5. The van der Waals surface area contributed by atoms with Crippen molar-refractivity contribution in [1.82, 2.24) is 81.7 Å². The normalized spacial score (nSPS) is 12.1. The summed E-state index contributed by atoms with van der Waals surface area (Å²) in [7, 11) is 15.7. The van der Waals surface area contributed by atoms with Crippen molar-refractivity contribution in [3.63, 3.8) is 0 Å². The largest absolute Gasteiger partial charge is 0.507 e. The molecule has 15 amide bonds. The maximum atomic E-state index is 14.3. The first-order valence-corrected chi connectivity index (χ1v) is 43.1. The smallest absolute Gasteiger partial charge is 0.292 e. The SMILES string of the molecule is CC(=O)Nc1cn(C)c(C(=O)Nc2cn(C)c(C(=O)Nc3cc(C(=O)NCCC(=O)Nc4cc(C(=O)Nc5cc(C(=O)Nc6cc(C(=O)Nc7cn(C)c(C(=O)NCCCC(=O)N(C)n8cccc8C(=O)Nc8cc(C(=O)NCCC(=O)Nc9cc(C(=O)Nc%10ccc%11[nH]cc(C(=O)N%12CC(CCl)c%13c%12cc(O)c%12ccccc%13%12)c%11c%10)n(C)c9)n(C)c8)n7)n(C)c6)n(C)c5)n(C)c4)n(C)c3)n2)n1. The summed E-state index contributed by atoms with van der Waals surface area (Å²) in [6.45, 7) is 1.48. The van der Waals surface area contributed by atoms with Gasteiger partial charge in [-0.1, -0.05) is 24.3 Å². The molecule has 14 aromatic rings. The highest BCUT2D eigenvalue weighted by molar-refractivity contribution is 6.21. The van der Waals surface area contributed by atoms with Gasteiger partial charge in [0.15, 0.2) is 17.5 Å². The van der Waals surface area contributed by atoms with E-state index in [2.05, 4.69) is 89.1 Å². The van der Waals surface area contributed by atoms with Crippen LogP contribution in [0.1, 0.15) is 160 Å². The molecule has 1 unspecified atom stereocenters. The number of halogens is 1. The molecule has 1 aliphatic heterocycles. The van der Waals surface area contributed by atoms with Crippen LogP contribution in [-0.4, -0.2) is 199 Å². The fourth-order valence-corrected chi connectivity index (χ4v) is 16.2. The van der Waals surface area contributed by atoms with Gasteiger partial charge in [-0.05, 0) is 84.1 Å². The number of phenols is 1. The highest BCUT2D eigenvalue weighted by atomic mass is 35.5. The van der Waals surface area contributed by atoms with Gasteiger partial charge in [0.05, 0.1) is 45.4 Å². The summed E-state index contributed by atoms with van der Waals surface area (Å²) in [4.78, 5) is 218. The number of benzene rings is 3. The number of rotatable bonds is 33. The van der Waals surface area contributed by atoms with E-state index in [0.717, 1.165) is 10.9 Å². The monoisotopic (exact) mass is 1880 g/mol. The van der Waals surface area contributed by atoms with Crippen molar-refractivity contribution in [2.45, 2.75) is 38.5 Å². The fraction of sp³-hybridized carbons (Fsp3) is 0.231. The van der Waals surface area contributed by atoms with Crippen LogP contribution in [0.2, 0.25) is 0 Å². The Morgan fingerprint density at radius 2 is 0.810 bits per heavy atom. The van der Waals surface area contributed by atoms with Crippen LogP contribution in [0.15, 0.2) is 165 Å². The molecule has 1 aliphatic rings. The molecule has 137 heavy (non-hydrogen) atoms. The lowest BCUT2D eigenvalue weighted by Crippen LogP contribution is -2.39. The molecule has 11 aromatic heterocycles. The summed E-state index contributed by atoms with van der Waals surface area (Å²) >= 11 is 6.46. The van der Waals surface area contributed by atoms with Crippen molar-refractivity contribution in [2.24, 2.45) is 63.4 Å². The molecule has 1 atom stereocenters. The minimum atomic E-state index is -0.654. The number of amides is 15. The molecular formula is C91H94ClN29O16. The molecule has 0 radical (unpaired) electrons. The van der Waals surface area contributed by atoms with Gasteiger partial charge in [-0.25, -0.2) is 15.0 Å².